The Morgan fingerprint density at radius 2 is 1.71 bits per heavy atom. The number of nitro benzene ring substituents is 1. The highest BCUT2D eigenvalue weighted by molar-refractivity contribution is 5.93. The number of carbonyl (C=O) groups excluding carboxylic acids is 1. The van der Waals surface area contributed by atoms with Crippen molar-refractivity contribution >= 4 is 17.3 Å². The largest absolute Gasteiger partial charge is 0.324 e. The van der Waals surface area contributed by atoms with Crippen LogP contribution < -0.4 is 5.32 Å². The number of nitrogens with one attached hydrogen (secondary N) is 1. The number of benzene rings is 2. The maximum absolute atomic E-state index is 12.4. The molecule has 0 radical (unpaired) electrons. The van der Waals surface area contributed by atoms with Crippen LogP contribution in [0.4, 0.5) is 11.4 Å². The Morgan fingerprint density at radius 1 is 1.07 bits per heavy atom. The van der Waals surface area contributed by atoms with E-state index in [1.807, 2.05) is 24.3 Å². The van der Waals surface area contributed by atoms with Crippen molar-refractivity contribution in [2.45, 2.75) is 32.7 Å². The average Bonchev–Trinajstić information content (AvgIpc) is 3.18. The lowest BCUT2D eigenvalue weighted by Gasteiger charge is -2.10. The summed E-state index contributed by atoms with van der Waals surface area (Å²) >= 11 is 0. The second-order valence-corrected chi connectivity index (χ2v) is 6.68. The molecule has 0 bridgehead atoms. The summed E-state index contributed by atoms with van der Waals surface area (Å²) in [6.07, 6.45) is 0. The van der Waals surface area contributed by atoms with Crippen molar-refractivity contribution in [3.05, 3.63) is 64.2 Å². The maximum Gasteiger partial charge on any atom is 0.269 e. The molecular weight excluding hydrogens is 360 g/mol. The summed E-state index contributed by atoms with van der Waals surface area (Å²) in [5.74, 6) is 0.513. The standard InChI is InChI=1S/C19H20N6O3/c1-12(2)14-4-6-15(7-5-14)18-21-23-24(22-18)13(3)19(26)20-16-8-10-17(11-9-16)25(27)28/h4-13H,1-3H3,(H,20,26)/t13-/m1/s1. The van der Waals surface area contributed by atoms with Crippen molar-refractivity contribution in [1.29, 1.82) is 0 Å². The molecule has 0 spiro atoms. The van der Waals surface area contributed by atoms with E-state index < -0.39 is 11.0 Å². The minimum atomic E-state index is -0.702. The number of amides is 1. The topological polar surface area (TPSA) is 116 Å². The van der Waals surface area contributed by atoms with Crippen LogP contribution in [0.3, 0.4) is 0 Å². The van der Waals surface area contributed by atoms with Gasteiger partial charge in [0.15, 0.2) is 0 Å². The van der Waals surface area contributed by atoms with Crippen LogP contribution in [-0.2, 0) is 4.79 Å². The fraction of sp³-hybridized carbons (Fsp3) is 0.263. The lowest BCUT2D eigenvalue weighted by Crippen LogP contribution is -2.25. The third-order valence-corrected chi connectivity index (χ3v) is 4.34. The number of carbonyl (C=O) groups is 1. The summed E-state index contributed by atoms with van der Waals surface area (Å²) in [5.41, 5.74) is 2.44. The lowest BCUT2D eigenvalue weighted by atomic mass is 10.0. The van der Waals surface area contributed by atoms with E-state index in [0.29, 0.717) is 17.4 Å². The van der Waals surface area contributed by atoms with Crippen LogP contribution in [0.1, 0.15) is 38.3 Å². The van der Waals surface area contributed by atoms with E-state index in [4.69, 9.17) is 0 Å². The molecule has 0 unspecified atom stereocenters. The second kappa shape index (κ2) is 7.95. The van der Waals surface area contributed by atoms with Gasteiger partial charge in [-0.3, -0.25) is 14.9 Å². The summed E-state index contributed by atoms with van der Waals surface area (Å²) in [4.78, 5) is 23.9. The quantitative estimate of drug-likeness (QED) is 0.516. The van der Waals surface area contributed by atoms with Crippen molar-refractivity contribution in [3.63, 3.8) is 0 Å². The zero-order valence-electron chi connectivity index (χ0n) is 15.7. The van der Waals surface area contributed by atoms with Gasteiger partial charge in [0.2, 0.25) is 5.82 Å². The smallest absolute Gasteiger partial charge is 0.269 e. The minimum Gasteiger partial charge on any atom is -0.324 e. The van der Waals surface area contributed by atoms with Gasteiger partial charge < -0.3 is 5.32 Å². The molecule has 9 nitrogen and oxygen atoms in total. The number of non-ortho nitro benzene ring substituents is 1. The third kappa shape index (κ3) is 4.20. The molecule has 1 amide bonds. The van der Waals surface area contributed by atoms with Crippen LogP contribution in [0.2, 0.25) is 0 Å². The van der Waals surface area contributed by atoms with E-state index in [2.05, 4.69) is 34.6 Å². The van der Waals surface area contributed by atoms with Gasteiger partial charge in [-0.1, -0.05) is 38.1 Å². The lowest BCUT2D eigenvalue weighted by molar-refractivity contribution is -0.384. The molecule has 1 aromatic heterocycles. The number of hydrogen-bond acceptors (Lipinski definition) is 6. The molecular formula is C19H20N6O3. The maximum atomic E-state index is 12.4. The van der Waals surface area contributed by atoms with Crippen molar-refractivity contribution in [3.8, 4) is 11.4 Å². The van der Waals surface area contributed by atoms with Gasteiger partial charge in [-0.25, -0.2) is 0 Å². The summed E-state index contributed by atoms with van der Waals surface area (Å²) in [5, 5.41) is 25.7. The normalized spacial score (nSPS) is 12.0. The van der Waals surface area contributed by atoms with Crippen molar-refractivity contribution in [2.75, 3.05) is 5.32 Å². The van der Waals surface area contributed by atoms with Gasteiger partial charge in [-0.2, -0.15) is 4.80 Å². The van der Waals surface area contributed by atoms with Crippen molar-refractivity contribution in [2.24, 2.45) is 0 Å². The van der Waals surface area contributed by atoms with Crippen LogP contribution in [0.5, 0.6) is 0 Å². The minimum absolute atomic E-state index is 0.0443. The average molecular weight is 380 g/mol. The molecule has 1 N–H and O–H groups in total. The predicted molar refractivity (Wildman–Crippen MR) is 104 cm³/mol. The molecule has 144 valence electrons. The molecule has 0 aliphatic rings. The van der Waals surface area contributed by atoms with Crippen molar-refractivity contribution in [1.82, 2.24) is 20.2 Å². The highest BCUT2D eigenvalue weighted by Crippen LogP contribution is 2.20. The van der Waals surface area contributed by atoms with E-state index in [1.165, 1.54) is 34.6 Å². The molecule has 0 aliphatic heterocycles. The van der Waals surface area contributed by atoms with Crippen LogP contribution in [0.15, 0.2) is 48.5 Å². The number of aromatic nitrogens is 4. The number of tetrazole rings is 1. The highest BCUT2D eigenvalue weighted by atomic mass is 16.6. The second-order valence-electron chi connectivity index (χ2n) is 6.68. The number of nitrogens with zero attached hydrogens (tertiary/aromatic N) is 5. The van der Waals surface area contributed by atoms with E-state index in [1.54, 1.807) is 6.92 Å². The molecule has 0 saturated heterocycles. The molecule has 3 aromatic rings. The van der Waals surface area contributed by atoms with Gasteiger partial charge in [0.1, 0.15) is 6.04 Å². The van der Waals surface area contributed by atoms with E-state index in [0.717, 1.165) is 5.56 Å². The van der Waals surface area contributed by atoms with Gasteiger partial charge in [0.25, 0.3) is 11.6 Å². The molecule has 9 heteroatoms. The highest BCUT2D eigenvalue weighted by Gasteiger charge is 2.19. The van der Waals surface area contributed by atoms with Crippen molar-refractivity contribution < 1.29 is 9.72 Å². The van der Waals surface area contributed by atoms with Gasteiger partial charge in [-0.15, -0.1) is 10.2 Å². The first-order chi connectivity index (χ1) is 13.3. The number of anilines is 1. The SMILES string of the molecule is CC(C)c1ccc(-c2nnn([C@H](C)C(=O)Nc3ccc([N+](=O)[O-])cc3)n2)cc1. The molecule has 0 aliphatic carbocycles. The molecule has 0 fully saturated rings. The predicted octanol–water partition coefficient (Wildman–Crippen LogP) is 3.57. The van der Waals surface area contributed by atoms with E-state index in [-0.39, 0.29) is 11.6 Å². The Morgan fingerprint density at radius 3 is 2.29 bits per heavy atom. The Labute approximate surface area is 161 Å². The number of nitro groups is 1. The Balaban J connectivity index is 1.69. The number of rotatable bonds is 6. The molecule has 3 rings (SSSR count). The first-order valence-electron chi connectivity index (χ1n) is 8.80. The first-order valence-corrected chi connectivity index (χ1v) is 8.80. The van der Waals surface area contributed by atoms with Crippen LogP contribution in [-0.4, -0.2) is 31.0 Å². The molecule has 1 heterocycles. The molecule has 2 aromatic carbocycles. The Kier molecular flexibility index (Phi) is 5.44. The van der Waals surface area contributed by atoms with Crippen LogP contribution >= 0.6 is 0 Å². The van der Waals surface area contributed by atoms with Gasteiger partial charge in [0.05, 0.1) is 4.92 Å². The molecule has 1 atom stereocenters. The fourth-order valence-electron chi connectivity index (χ4n) is 2.54. The fourth-order valence-corrected chi connectivity index (χ4v) is 2.54. The monoisotopic (exact) mass is 380 g/mol. The molecule has 0 saturated carbocycles. The summed E-state index contributed by atoms with van der Waals surface area (Å²) in [7, 11) is 0. The summed E-state index contributed by atoms with van der Waals surface area (Å²) in [6.45, 7) is 5.89. The Hall–Kier alpha value is -3.62. The van der Waals surface area contributed by atoms with Crippen LogP contribution in [0.25, 0.3) is 11.4 Å². The van der Waals surface area contributed by atoms with Crippen LogP contribution in [0, 0.1) is 10.1 Å². The Bertz CT molecular complexity index is 980. The zero-order valence-corrected chi connectivity index (χ0v) is 15.7. The third-order valence-electron chi connectivity index (χ3n) is 4.34. The van der Waals surface area contributed by atoms with Gasteiger partial charge in [0, 0.05) is 23.4 Å². The van der Waals surface area contributed by atoms with E-state index >= 15 is 0 Å². The summed E-state index contributed by atoms with van der Waals surface area (Å²) < 4.78 is 0. The first kappa shape index (κ1) is 19.2. The van der Waals surface area contributed by atoms with Gasteiger partial charge >= 0.3 is 0 Å². The van der Waals surface area contributed by atoms with Gasteiger partial charge in [-0.05, 0) is 35.8 Å². The number of hydrogen-bond donors (Lipinski definition) is 1. The van der Waals surface area contributed by atoms with E-state index in [9.17, 15) is 14.9 Å². The molecule has 28 heavy (non-hydrogen) atoms. The summed E-state index contributed by atoms with van der Waals surface area (Å²) in [6, 6.07) is 12.8. The zero-order chi connectivity index (χ0) is 20.3.